The van der Waals surface area contributed by atoms with Crippen LogP contribution in [0.4, 0.5) is 0 Å². The molecule has 2 N–H and O–H groups in total. The fraction of sp³-hybridized carbons (Fsp3) is 0.455. The summed E-state index contributed by atoms with van der Waals surface area (Å²) in [4.78, 5) is 0. The van der Waals surface area contributed by atoms with E-state index in [2.05, 4.69) is 15.9 Å². The summed E-state index contributed by atoms with van der Waals surface area (Å²) in [5.74, 6) is 0.627. The number of nitrogens with two attached hydrogens (primary N) is 1. The van der Waals surface area contributed by atoms with Crippen LogP contribution in [0.5, 0.6) is 0 Å². The third-order valence-electron chi connectivity index (χ3n) is 2.97. The van der Waals surface area contributed by atoms with Crippen LogP contribution in [0, 0.1) is 5.92 Å². The average Bonchev–Trinajstić information content (AvgIpc) is 2.06. The van der Waals surface area contributed by atoms with Crippen LogP contribution < -0.4 is 5.73 Å². The molecule has 1 nitrogen and oxygen atoms in total. The van der Waals surface area contributed by atoms with Crippen LogP contribution >= 0.6 is 39.9 Å². The van der Waals surface area contributed by atoms with E-state index in [-0.39, 0.29) is 18.4 Å². The van der Waals surface area contributed by atoms with Crippen molar-refractivity contribution in [3.8, 4) is 0 Å². The predicted octanol–water partition coefficient (Wildman–Crippen LogP) is 4.32. The molecule has 0 aromatic heterocycles. The Kier molecular flexibility index (Phi) is 4.91. The highest BCUT2D eigenvalue weighted by molar-refractivity contribution is 9.10. The molecule has 1 atom stereocenters. The first-order valence-corrected chi connectivity index (χ1v) is 6.06. The number of hydrogen-bond acceptors (Lipinski definition) is 1. The van der Waals surface area contributed by atoms with Crippen molar-refractivity contribution < 1.29 is 0 Å². The van der Waals surface area contributed by atoms with E-state index >= 15 is 0 Å². The molecule has 2 rings (SSSR count). The van der Waals surface area contributed by atoms with Crippen LogP contribution in [0.2, 0.25) is 5.02 Å². The molecular formula is C11H14BrCl2N. The second kappa shape index (κ2) is 5.53. The normalized spacial score (nSPS) is 17.8. The van der Waals surface area contributed by atoms with E-state index in [4.69, 9.17) is 17.3 Å². The largest absolute Gasteiger partial charge is 0.324 e. The second-order valence-corrected chi connectivity index (χ2v) is 5.21. The van der Waals surface area contributed by atoms with E-state index in [0.29, 0.717) is 5.92 Å². The number of rotatable bonds is 2. The maximum atomic E-state index is 6.16. The van der Waals surface area contributed by atoms with E-state index in [9.17, 15) is 0 Å². The molecule has 84 valence electrons. The van der Waals surface area contributed by atoms with Gasteiger partial charge in [-0.15, -0.1) is 12.4 Å². The lowest BCUT2D eigenvalue weighted by Gasteiger charge is -2.32. The summed E-state index contributed by atoms with van der Waals surface area (Å²) in [6.07, 6.45) is 3.79. The van der Waals surface area contributed by atoms with Gasteiger partial charge < -0.3 is 5.73 Å². The Labute approximate surface area is 110 Å². The molecule has 0 amide bonds. The zero-order valence-electron chi connectivity index (χ0n) is 8.25. The van der Waals surface area contributed by atoms with Gasteiger partial charge in [-0.2, -0.15) is 0 Å². The topological polar surface area (TPSA) is 26.0 Å². The first kappa shape index (κ1) is 13.3. The van der Waals surface area contributed by atoms with Gasteiger partial charge in [0.1, 0.15) is 0 Å². The first-order valence-electron chi connectivity index (χ1n) is 4.89. The molecule has 0 spiro atoms. The van der Waals surface area contributed by atoms with Crippen molar-refractivity contribution in [2.45, 2.75) is 25.3 Å². The standard InChI is InChI=1S/C11H13BrClN.ClH/c12-8-4-5-10(13)9(6-8)11(14)7-2-1-3-7;/h4-7,11H,1-3,14H2;1H/t11-;/m1./s1. The third kappa shape index (κ3) is 2.88. The average molecular weight is 311 g/mol. The predicted molar refractivity (Wildman–Crippen MR) is 70.7 cm³/mol. The molecule has 1 saturated carbocycles. The lowest BCUT2D eigenvalue weighted by atomic mass is 9.77. The molecule has 4 heteroatoms. The second-order valence-electron chi connectivity index (χ2n) is 3.88. The maximum absolute atomic E-state index is 6.16. The minimum Gasteiger partial charge on any atom is -0.324 e. The zero-order chi connectivity index (χ0) is 10.1. The smallest absolute Gasteiger partial charge is 0.0454 e. The monoisotopic (exact) mass is 309 g/mol. The third-order valence-corrected chi connectivity index (χ3v) is 3.81. The zero-order valence-corrected chi connectivity index (χ0v) is 11.4. The van der Waals surface area contributed by atoms with Gasteiger partial charge in [-0.25, -0.2) is 0 Å². The molecule has 0 saturated heterocycles. The summed E-state index contributed by atoms with van der Waals surface area (Å²) in [6, 6.07) is 5.98. The van der Waals surface area contributed by atoms with E-state index in [0.717, 1.165) is 15.1 Å². The number of halogens is 3. The van der Waals surface area contributed by atoms with Crippen LogP contribution in [-0.4, -0.2) is 0 Å². The number of hydrogen-bond donors (Lipinski definition) is 1. The van der Waals surface area contributed by atoms with Gasteiger partial charge in [-0.1, -0.05) is 34.0 Å². The van der Waals surface area contributed by atoms with Gasteiger partial charge in [-0.05, 0) is 42.5 Å². The molecule has 0 bridgehead atoms. The SMILES string of the molecule is Cl.N[C@@H](c1cc(Br)ccc1Cl)C1CCC1. The Bertz CT molecular complexity index is 339. The van der Waals surface area contributed by atoms with Gasteiger partial charge >= 0.3 is 0 Å². The van der Waals surface area contributed by atoms with Crippen LogP contribution in [0.15, 0.2) is 22.7 Å². The Morgan fingerprint density at radius 3 is 2.60 bits per heavy atom. The van der Waals surface area contributed by atoms with E-state index in [1.165, 1.54) is 19.3 Å². The number of benzene rings is 1. The fourth-order valence-electron chi connectivity index (χ4n) is 1.82. The molecule has 15 heavy (non-hydrogen) atoms. The van der Waals surface area contributed by atoms with Crippen LogP contribution in [0.25, 0.3) is 0 Å². The van der Waals surface area contributed by atoms with E-state index < -0.39 is 0 Å². The van der Waals surface area contributed by atoms with Gasteiger partial charge in [-0.3, -0.25) is 0 Å². The van der Waals surface area contributed by atoms with Crippen molar-refractivity contribution in [1.82, 2.24) is 0 Å². The van der Waals surface area contributed by atoms with Gasteiger partial charge in [0, 0.05) is 15.5 Å². The van der Waals surface area contributed by atoms with Crippen molar-refractivity contribution in [3.05, 3.63) is 33.3 Å². The molecule has 0 heterocycles. The molecule has 1 aromatic carbocycles. The Hall–Kier alpha value is 0.240. The van der Waals surface area contributed by atoms with Gasteiger partial charge in [0.15, 0.2) is 0 Å². The molecule has 1 fully saturated rings. The maximum Gasteiger partial charge on any atom is 0.0454 e. The molecule has 0 radical (unpaired) electrons. The van der Waals surface area contributed by atoms with Gasteiger partial charge in [0.2, 0.25) is 0 Å². The summed E-state index contributed by atoms with van der Waals surface area (Å²) in [5.41, 5.74) is 7.24. The quantitative estimate of drug-likeness (QED) is 0.864. The lowest BCUT2D eigenvalue weighted by molar-refractivity contribution is 0.264. The van der Waals surface area contributed by atoms with Crippen molar-refractivity contribution >= 4 is 39.9 Å². The van der Waals surface area contributed by atoms with E-state index in [1.807, 2.05) is 18.2 Å². The highest BCUT2D eigenvalue weighted by Crippen LogP contribution is 2.38. The van der Waals surface area contributed by atoms with Gasteiger partial charge in [0.05, 0.1) is 0 Å². The molecule has 1 aliphatic rings. The van der Waals surface area contributed by atoms with Crippen LogP contribution in [-0.2, 0) is 0 Å². The van der Waals surface area contributed by atoms with Crippen molar-refractivity contribution in [2.75, 3.05) is 0 Å². The van der Waals surface area contributed by atoms with Crippen molar-refractivity contribution in [3.63, 3.8) is 0 Å². The minimum absolute atomic E-state index is 0. The van der Waals surface area contributed by atoms with Crippen molar-refractivity contribution in [2.24, 2.45) is 11.7 Å². The fourth-order valence-corrected chi connectivity index (χ4v) is 2.45. The van der Waals surface area contributed by atoms with Crippen LogP contribution in [0.3, 0.4) is 0 Å². The highest BCUT2D eigenvalue weighted by atomic mass is 79.9. The molecule has 0 aliphatic heterocycles. The van der Waals surface area contributed by atoms with Crippen molar-refractivity contribution in [1.29, 1.82) is 0 Å². The molecule has 1 aliphatic carbocycles. The van der Waals surface area contributed by atoms with Gasteiger partial charge in [0.25, 0.3) is 0 Å². The summed E-state index contributed by atoms with van der Waals surface area (Å²) >= 11 is 9.55. The molecular weight excluding hydrogens is 297 g/mol. The van der Waals surface area contributed by atoms with Crippen LogP contribution in [0.1, 0.15) is 30.9 Å². The summed E-state index contributed by atoms with van der Waals surface area (Å²) in [7, 11) is 0. The molecule has 0 unspecified atom stereocenters. The highest BCUT2D eigenvalue weighted by Gasteiger charge is 2.26. The lowest BCUT2D eigenvalue weighted by Crippen LogP contribution is -2.27. The Balaban J connectivity index is 0.00000112. The summed E-state index contributed by atoms with van der Waals surface area (Å²) in [5, 5.41) is 0.785. The summed E-state index contributed by atoms with van der Waals surface area (Å²) < 4.78 is 1.05. The Morgan fingerprint density at radius 1 is 1.40 bits per heavy atom. The molecule has 1 aromatic rings. The summed E-state index contributed by atoms with van der Waals surface area (Å²) in [6.45, 7) is 0. The van der Waals surface area contributed by atoms with E-state index in [1.54, 1.807) is 0 Å². The minimum atomic E-state index is 0. The first-order chi connectivity index (χ1) is 6.68. The Morgan fingerprint density at radius 2 is 2.07 bits per heavy atom.